The second-order valence-corrected chi connectivity index (χ2v) is 0. The van der Waals surface area contributed by atoms with Crippen molar-refractivity contribution in [2.75, 3.05) is 0 Å². The Labute approximate surface area is 633 Å². The van der Waals surface area contributed by atoms with Crippen molar-refractivity contribution >= 4 is 532 Å². The van der Waals surface area contributed by atoms with Crippen molar-refractivity contribution in [3.63, 3.8) is 0 Å². The molecule has 22 nitrogen and oxygen atoms in total. The molecule has 40 heteroatoms. The number of hydrogen-bond donors (Lipinski definition) is 0. The second-order valence-electron chi connectivity index (χ2n) is 0. The van der Waals surface area contributed by atoms with E-state index in [-0.39, 0.29) is 653 Å². The van der Waals surface area contributed by atoms with Gasteiger partial charge in [-0.15, -0.1) is 0 Å². The molecule has 0 saturated carbocycles. The van der Waals surface area contributed by atoms with Gasteiger partial charge >= 0.3 is 532 Å². The van der Waals surface area contributed by atoms with Crippen LogP contribution in [0.1, 0.15) is 0 Å². The van der Waals surface area contributed by atoms with E-state index in [4.69, 9.17) is 0 Å². The first-order chi connectivity index (χ1) is 0. The van der Waals surface area contributed by atoms with Crippen molar-refractivity contribution in [2.45, 2.75) is 0 Å². The van der Waals surface area contributed by atoms with Gasteiger partial charge in [0.1, 0.15) is 0 Å². The molecular weight excluding hydrogens is 766 g/mol. The fraction of sp³-hybridized carbons (Fsp3) is 0. The Morgan fingerprint density at radius 3 is 0.0500 bits per heavy atom. The molecule has 0 radical (unpaired) electrons. The minimum atomic E-state index is 0. The van der Waals surface area contributed by atoms with Crippen LogP contribution >= 0.6 is 0 Å². The molecule has 0 aromatic carbocycles. The Hall–Kier alpha value is 17.1. The summed E-state index contributed by atoms with van der Waals surface area (Å²) < 4.78 is 0. The van der Waals surface area contributed by atoms with E-state index in [1.54, 1.807) is 0 Å². The van der Waals surface area contributed by atoms with Crippen LogP contribution in [-0.2, 0) is 0 Å². The van der Waals surface area contributed by atoms with Gasteiger partial charge in [0.05, 0.1) is 0 Å². The van der Waals surface area contributed by atoms with Crippen LogP contribution in [0.2, 0.25) is 0 Å². The van der Waals surface area contributed by atoms with Crippen molar-refractivity contribution in [2.24, 2.45) is 0 Å². The van der Waals surface area contributed by atoms with Crippen LogP contribution in [0.25, 0.3) is 0 Å². The quantitative estimate of drug-likeness (QED) is 0.205. The molecular formula is H62Na18O22. The van der Waals surface area contributed by atoms with Gasteiger partial charge < -0.3 is 120 Å². The summed E-state index contributed by atoms with van der Waals surface area (Å²) >= 11 is 0. The molecule has 44 N–H and O–H groups in total. The van der Waals surface area contributed by atoms with Crippen molar-refractivity contribution in [1.29, 1.82) is 0 Å². The first-order valence-corrected chi connectivity index (χ1v) is 0. The first-order valence-electron chi connectivity index (χ1n) is 0. The van der Waals surface area contributed by atoms with E-state index >= 15 is 0 Å². The van der Waals surface area contributed by atoms with Crippen LogP contribution in [0, 0.1) is 0 Å². The molecule has 0 heterocycles. The van der Waals surface area contributed by atoms with Gasteiger partial charge in [-0.2, -0.15) is 0 Å². The van der Waals surface area contributed by atoms with Crippen molar-refractivity contribution < 1.29 is 120 Å². The fourth-order valence-corrected chi connectivity index (χ4v) is 0. The summed E-state index contributed by atoms with van der Waals surface area (Å²) in [7, 11) is 0. The summed E-state index contributed by atoms with van der Waals surface area (Å²) in [6.45, 7) is 0. The van der Waals surface area contributed by atoms with Gasteiger partial charge in [0, 0.05) is 0 Å². The van der Waals surface area contributed by atoms with Crippen molar-refractivity contribution in [1.82, 2.24) is 0 Å². The zero-order valence-corrected chi connectivity index (χ0v) is 11.0. The summed E-state index contributed by atoms with van der Waals surface area (Å²) in [6, 6.07) is 0. The van der Waals surface area contributed by atoms with Crippen LogP contribution in [0.3, 0.4) is 0 Å². The van der Waals surface area contributed by atoms with Crippen molar-refractivity contribution in [3.05, 3.63) is 0 Å². The Kier molecular flexibility index (Phi) is 8930. The van der Waals surface area contributed by atoms with E-state index in [0.29, 0.717) is 0 Å². The zero-order valence-electron chi connectivity index (χ0n) is 11.0. The molecule has 0 aromatic rings. The van der Waals surface area contributed by atoms with Gasteiger partial charge in [-0.25, -0.2) is 0 Å². The average molecular weight is 828 g/mol. The van der Waals surface area contributed by atoms with E-state index in [9.17, 15) is 0 Å². The third-order valence-electron chi connectivity index (χ3n) is 0. The maximum atomic E-state index is 0. The predicted molar refractivity (Wildman–Crippen MR) is 208 cm³/mol. The fourth-order valence-electron chi connectivity index (χ4n) is 0. The Morgan fingerprint density at radius 1 is 0.0500 bits per heavy atom. The SMILES string of the molecule is O.O.O.O.O.O.O.O.O.O.O.O.O.O.O.O.O.O.O.O.O.O.[NaH].[NaH].[NaH].[NaH].[NaH].[NaH].[NaH].[NaH].[NaH].[NaH].[NaH].[NaH].[NaH].[NaH].[NaH].[NaH].[NaH].[NaH]. The van der Waals surface area contributed by atoms with Crippen molar-refractivity contribution in [3.8, 4) is 0 Å². The number of rotatable bonds is 0. The van der Waals surface area contributed by atoms with E-state index in [1.807, 2.05) is 0 Å². The van der Waals surface area contributed by atoms with Gasteiger partial charge in [0.25, 0.3) is 0 Å². The molecule has 0 aromatic heterocycles. The maximum absolute atomic E-state index is 0. The van der Waals surface area contributed by atoms with Gasteiger partial charge in [0.2, 0.25) is 0 Å². The summed E-state index contributed by atoms with van der Waals surface area (Å²) in [5, 5.41) is 0. The summed E-state index contributed by atoms with van der Waals surface area (Å²) in [6.07, 6.45) is 0. The predicted octanol–water partition coefficient (Wildman–Crippen LogP) is -29.8. The Balaban J connectivity index is 0. The molecule has 40 heavy (non-hydrogen) atoms. The normalized spacial score (nSPS) is 0. The van der Waals surface area contributed by atoms with Gasteiger partial charge in [-0.05, 0) is 0 Å². The Morgan fingerprint density at radius 2 is 0.0500 bits per heavy atom. The van der Waals surface area contributed by atoms with E-state index in [0.717, 1.165) is 0 Å². The summed E-state index contributed by atoms with van der Waals surface area (Å²) in [4.78, 5) is 0. The monoisotopic (exact) mass is 828 g/mol. The molecule has 0 bridgehead atoms. The molecule has 0 atom stereocenters. The van der Waals surface area contributed by atoms with Gasteiger partial charge in [-0.1, -0.05) is 0 Å². The zero-order chi connectivity index (χ0) is 0. The van der Waals surface area contributed by atoms with Crippen LogP contribution in [0.4, 0.5) is 0 Å². The van der Waals surface area contributed by atoms with E-state index in [2.05, 4.69) is 0 Å². The molecule has 0 aliphatic rings. The van der Waals surface area contributed by atoms with Gasteiger partial charge in [-0.3, -0.25) is 0 Å². The number of hydrogen-bond acceptors (Lipinski definition) is 0. The average Bonchev–Trinajstić information content (AvgIpc) is 0. The van der Waals surface area contributed by atoms with Crippen LogP contribution in [0.15, 0.2) is 0 Å². The Bertz CT molecular complexity index is 39.7. The molecule has 0 rings (SSSR count). The standard InChI is InChI=1S/18Na.22H2O.18H/h;;;;;;;;;;;;;;;;;;22*1H2;;;;;;;;;;;;;;;;;;. The van der Waals surface area contributed by atoms with Crippen LogP contribution in [-0.4, -0.2) is 653 Å². The topological polar surface area (TPSA) is 693 Å². The molecule has 0 amide bonds. The molecule has 0 saturated heterocycles. The summed E-state index contributed by atoms with van der Waals surface area (Å²) in [5.41, 5.74) is 0. The first kappa shape index (κ1) is 614. The third kappa shape index (κ3) is 551. The molecule has 0 unspecified atom stereocenters. The van der Waals surface area contributed by atoms with Crippen LogP contribution in [0.5, 0.6) is 0 Å². The minimum absolute atomic E-state index is 0. The second kappa shape index (κ2) is 582. The molecule has 0 fully saturated rings. The molecule has 212 valence electrons. The van der Waals surface area contributed by atoms with E-state index < -0.39 is 0 Å². The van der Waals surface area contributed by atoms with Crippen LogP contribution < -0.4 is 0 Å². The molecule has 0 aliphatic carbocycles. The third-order valence-corrected chi connectivity index (χ3v) is 0. The molecule has 0 spiro atoms. The van der Waals surface area contributed by atoms with Gasteiger partial charge in [0.15, 0.2) is 0 Å². The summed E-state index contributed by atoms with van der Waals surface area (Å²) in [5.74, 6) is 0. The van der Waals surface area contributed by atoms with E-state index in [1.165, 1.54) is 0 Å². The molecule has 0 aliphatic heterocycles.